The molecule has 0 saturated heterocycles. The number of hydrogen-bond donors (Lipinski definition) is 3. The quantitative estimate of drug-likeness (QED) is 0.402. The van der Waals surface area contributed by atoms with E-state index in [1.54, 1.807) is 6.92 Å². The molecular formula is C18H20BrN3O2. The van der Waals surface area contributed by atoms with Gasteiger partial charge in [0.25, 0.3) is 0 Å². The summed E-state index contributed by atoms with van der Waals surface area (Å²) in [5.74, 6) is 0. The SMILES string of the molecule is C/C(=N\O)c1cccc(C(C)(C)NC(=O)Nc2ccc(Br)cc2)c1. The van der Waals surface area contributed by atoms with Crippen LogP contribution in [-0.4, -0.2) is 17.0 Å². The van der Waals surface area contributed by atoms with Gasteiger partial charge in [-0.3, -0.25) is 0 Å². The van der Waals surface area contributed by atoms with Crippen molar-refractivity contribution >= 4 is 33.4 Å². The van der Waals surface area contributed by atoms with E-state index in [2.05, 4.69) is 31.7 Å². The smallest absolute Gasteiger partial charge is 0.319 e. The first-order valence-electron chi connectivity index (χ1n) is 7.46. The van der Waals surface area contributed by atoms with E-state index in [1.165, 1.54) is 0 Å². The number of hydrogen-bond acceptors (Lipinski definition) is 3. The van der Waals surface area contributed by atoms with Crippen LogP contribution in [0.3, 0.4) is 0 Å². The van der Waals surface area contributed by atoms with E-state index in [0.717, 1.165) is 15.6 Å². The lowest BCUT2D eigenvalue weighted by atomic mass is 9.92. The van der Waals surface area contributed by atoms with Crippen molar-refractivity contribution in [2.45, 2.75) is 26.3 Å². The average Bonchev–Trinajstić information content (AvgIpc) is 2.56. The van der Waals surface area contributed by atoms with Gasteiger partial charge in [0, 0.05) is 10.2 Å². The summed E-state index contributed by atoms with van der Waals surface area (Å²) in [4.78, 5) is 12.3. The molecule has 2 aromatic carbocycles. The highest BCUT2D eigenvalue weighted by atomic mass is 79.9. The Hall–Kier alpha value is -2.34. The molecule has 0 heterocycles. The molecule has 24 heavy (non-hydrogen) atoms. The van der Waals surface area contributed by atoms with E-state index in [0.29, 0.717) is 11.4 Å². The van der Waals surface area contributed by atoms with Crippen molar-refractivity contribution in [3.05, 3.63) is 64.1 Å². The van der Waals surface area contributed by atoms with Crippen LogP contribution in [-0.2, 0) is 5.54 Å². The number of benzene rings is 2. The number of carbonyl (C=O) groups excluding carboxylic acids is 1. The van der Waals surface area contributed by atoms with Gasteiger partial charge in [-0.15, -0.1) is 0 Å². The Bertz CT molecular complexity index is 755. The molecule has 0 aliphatic heterocycles. The number of urea groups is 1. The summed E-state index contributed by atoms with van der Waals surface area (Å²) in [6, 6.07) is 14.6. The molecule has 2 amide bonds. The summed E-state index contributed by atoms with van der Waals surface area (Å²) in [5, 5.41) is 17.9. The van der Waals surface area contributed by atoms with E-state index in [9.17, 15) is 4.79 Å². The number of anilines is 1. The molecule has 0 saturated carbocycles. The number of carbonyl (C=O) groups is 1. The maximum absolute atomic E-state index is 12.3. The van der Waals surface area contributed by atoms with Crippen LogP contribution in [0.5, 0.6) is 0 Å². The third-order valence-electron chi connectivity index (χ3n) is 3.68. The molecule has 126 valence electrons. The Kier molecular flexibility index (Phi) is 5.62. The molecule has 3 N–H and O–H groups in total. The van der Waals surface area contributed by atoms with Gasteiger partial charge in [-0.05, 0) is 62.2 Å². The van der Waals surface area contributed by atoms with E-state index >= 15 is 0 Å². The summed E-state index contributed by atoms with van der Waals surface area (Å²) >= 11 is 3.36. The second kappa shape index (κ2) is 7.49. The second-order valence-corrected chi connectivity index (χ2v) is 6.89. The minimum absolute atomic E-state index is 0.291. The number of oxime groups is 1. The van der Waals surface area contributed by atoms with Crippen molar-refractivity contribution in [3.63, 3.8) is 0 Å². The van der Waals surface area contributed by atoms with Crippen LogP contribution in [0.15, 0.2) is 58.2 Å². The number of rotatable bonds is 4. The normalized spacial score (nSPS) is 11.9. The van der Waals surface area contributed by atoms with Gasteiger partial charge in [0.05, 0.1) is 11.3 Å². The van der Waals surface area contributed by atoms with Gasteiger partial charge in [-0.1, -0.05) is 39.3 Å². The van der Waals surface area contributed by atoms with Gasteiger partial charge in [0.2, 0.25) is 0 Å². The fraction of sp³-hybridized carbons (Fsp3) is 0.222. The van der Waals surface area contributed by atoms with Crippen molar-refractivity contribution < 1.29 is 10.0 Å². The molecule has 0 radical (unpaired) electrons. The lowest BCUT2D eigenvalue weighted by Gasteiger charge is -2.27. The van der Waals surface area contributed by atoms with Crippen molar-refractivity contribution in [1.29, 1.82) is 0 Å². The minimum atomic E-state index is -0.592. The third-order valence-corrected chi connectivity index (χ3v) is 4.21. The van der Waals surface area contributed by atoms with Gasteiger partial charge < -0.3 is 15.8 Å². The van der Waals surface area contributed by atoms with E-state index in [4.69, 9.17) is 5.21 Å². The van der Waals surface area contributed by atoms with Gasteiger partial charge in [0.15, 0.2) is 0 Å². The molecule has 5 nitrogen and oxygen atoms in total. The van der Waals surface area contributed by atoms with Crippen molar-refractivity contribution in [2.24, 2.45) is 5.16 Å². The van der Waals surface area contributed by atoms with Crippen LogP contribution in [0.4, 0.5) is 10.5 Å². The Morgan fingerprint density at radius 1 is 1.17 bits per heavy atom. The number of halogens is 1. The summed E-state index contributed by atoms with van der Waals surface area (Å²) < 4.78 is 0.950. The van der Waals surface area contributed by atoms with Crippen LogP contribution < -0.4 is 10.6 Å². The monoisotopic (exact) mass is 389 g/mol. The molecule has 2 aromatic rings. The molecule has 0 unspecified atom stereocenters. The van der Waals surface area contributed by atoms with Gasteiger partial charge in [-0.25, -0.2) is 4.79 Å². The zero-order valence-electron chi connectivity index (χ0n) is 13.8. The summed E-state index contributed by atoms with van der Waals surface area (Å²) in [6.07, 6.45) is 0. The van der Waals surface area contributed by atoms with Crippen molar-refractivity contribution in [2.75, 3.05) is 5.32 Å². The lowest BCUT2D eigenvalue weighted by molar-refractivity contribution is 0.242. The third kappa shape index (κ3) is 4.58. The molecular weight excluding hydrogens is 370 g/mol. The highest BCUT2D eigenvalue weighted by molar-refractivity contribution is 9.10. The van der Waals surface area contributed by atoms with Gasteiger partial charge >= 0.3 is 6.03 Å². The highest BCUT2D eigenvalue weighted by Gasteiger charge is 2.23. The molecule has 0 spiro atoms. The maximum atomic E-state index is 12.3. The second-order valence-electron chi connectivity index (χ2n) is 5.98. The molecule has 0 fully saturated rings. The van der Waals surface area contributed by atoms with E-state index in [-0.39, 0.29) is 6.03 Å². The lowest BCUT2D eigenvalue weighted by Crippen LogP contribution is -2.43. The predicted octanol–water partition coefficient (Wildman–Crippen LogP) is 4.70. The van der Waals surface area contributed by atoms with Crippen molar-refractivity contribution in [3.8, 4) is 0 Å². The topological polar surface area (TPSA) is 73.7 Å². The first-order valence-corrected chi connectivity index (χ1v) is 8.25. The van der Waals surface area contributed by atoms with Crippen LogP contribution in [0.1, 0.15) is 31.9 Å². The fourth-order valence-electron chi connectivity index (χ4n) is 2.24. The number of nitrogens with one attached hydrogen (secondary N) is 2. The molecule has 0 atom stereocenters. The van der Waals surface area contributed by atoms with Gasteiger partial charge in [0.1, 0.15) is 0 Å². The zero-order chi connectivity index (χ0) is 17.7. The first kappa shape index (κ1) is 18.0. The Labute approximate surface area is 149 Å². The Morgan fingerprint density at radius 2 is 1.83 bits per heavy atom. The molecule has 0 bridgehead atoms. The Balaban J connectivity index is 2.12. The molecule has 0 aromatic heterocycles. The van der Waals surface area contributed by atoms with Crippen LogP contribution in [0.25, 0.3) is 0 Å². The highest BCUT2D eigenvalue weighted by Crippen LogP contribution is 2.22. The maximum Gasteiger partial charge on any atom is 0.319 e. The molecule has 0 aliphatic carbocycles. The zero-order valence-corrected chi connectivity index (χ0v) is 15.4. The number of amides is 2. The van der Waals surface area contributed by atoms with Gasteiger partial charge in [-0.2, -0.15) is 0 Å². The van der Waals surface area contributed by atoms with Crippen LogP contribution in [0.2, 0.25) is 0 Å². The standard InChI is InChI=1S/C18H20BrN3O2/c1-12(22-24)13-5-4-6-14(11-13)18(2,3)21-17(23)20-16-9-7-15(19)8-10-16/h4-11,24H,1-3H3,(H2,20,21,23)/b22-12+. The first-order chi connectivity index (χ1) is 11.3. The molecule has 2 rings (SSSR count). The molecule has 0 aliphatic rings. The number of nitrogens with zero attached hydrogens (tertiary/aromatic N) is 1. The molecule has 6 heteroatoms. The van der Waals surface area contributed by atoms with E-state index in [1.807, 2.05) is 62.4 Å². The Morgan fingerprint density at radius 3 is 2.46 bits per heavy atom. The predicted molar refractivity (Wildman–Crippen MR) is 99.8 cm³/mol. The minimum Gasteiger partial charge on any atom is -0.411 e. The summed E-state index contributed by atoms with van der Waals surface area (Å²) in [6.45, 7) is 5.55. The summed E-state index contributed by atoms with van der Waals surface area (Å²) in [7, 11) is 0. The summed E-state index contributed by atoms with van der Waals surface area (Å²) in [5.41, 5.74) is 2.35. The van der Waals surface area contributed by atoms with E-state index < -0.39 is 5.54 Å². The van der Waals surface area contributed by atoms with Crippen LogP contribution >= 0.6 is 15.9 Å². The van der Waals surface area contributed by atoms with Crippen LogP contribution in [0, 0.1) is 0 Å². The van der Waals surface area contributed by atoms with Crippen molar-refractivity contribution in [1.82, 2.24) is 5.32 Å². The fourth-order valence-corrected chi connectivity index (χ4v) is 2.51. The average molecular weight is 390 g/mol. The largest absolute Gasteiger partial charge is 0.411 e.